The summed E-state index contributed by atoms with van der Waals surface area (Å²) < 4.78 is 1.13. The lowest BCUT2D eigenvalue weighted by Gasteiger charge is -2.26. The molecule has 1 aromatic heterocycles. The fourth-order valence-electron chi connectivity index (χ4n) is 3.72. The van der Waals surface area contributed by atoms with Crippen LogP contribution in [-0.4, -0.2) is 10.8 Å². The number of rotatable bonds is 2. The van der Waals surface area contributed by atoms with Gasteiger partial charge >= 0.3 is 0 Å². The summed E-state index contributed by atoms with van der Waals surface area (Å²) in [5.41, 5.74) is 7.39. The number of thiazole rings is 1. The molecule has 0 radical (unpaired) electrons. The molecule has 1 N–H and O–H groups in total. The van der Waals surface area contributed by atoms with Crippen molar-refractivity contribution >= 4 is 44.1 Å². The summed E-state index contributed by atoms with van der Waals surface area (Å²) in [5.74, 6) is 0.224. The van der Waals surface area contributed by atoms with E-state index in [-0.39, 0.29) is 11.8 Å². The van der Waals surface area contributed by atoms with E-state index in [9.17, 15) is 4.79 Å². The van der Waals surface area contributed by atoms with E-state index in [4.69, 9.17) is 16.6 Å². The van der Waals surface area contributed by atoms with E-state index in [2.05, 4.69) is 11.5 Å². The van der Waals surface area contributed by atoms with Gasteiger partial charge in [0, 0.05) is 22.7 Å². The molecule has 1 unspecified atom stereocenters. The van der Waals surface area contributed by atoms with Gasteiger partial charge < -0.3 is 0 Å². The number of fused-ring (bicyclic) bond motifs is 1. The van der Waals surface area contributed by atoms with Crippen molar-refractivity contribution in [1.82, 2.24) is 10.4 Å². The van der Waals surface area contributed by atoms with Gasteiger partial charge in [-0.15, -0.1) is 0 Å². The van der Waals surface area contributed by atoms with Crippen LogP contribution in [0.5, 0.6) is 0 Å². The third kappa shape index (κ3) is 2.50. The van der Waals surface area contributed by atoms with Crippen molar-refractivity contribution in [2.45, 2.75) is 25.3 Å². The van der Waals surface area contributed by atoms with E-state index < -0.39 is 0 Å². The van der Waals surface area contributed by atoms with E-state index >= 15 is 0 Å². The molecule has 0 fully saturated rings. The number of anilines is 1. The number of para-hydroxylation sites is 1. The molecule has 0 bridgehead atoms. The first-order chi connectivity index (χ1) is 12.7. The average molecular weight is 382 g/mol. The van der Waals surface area contributed by atoms with Gasteiger partial charge in [-0.3, -0.25) is 10.2 Å². The first-order valence-corrected chi connectivity index (χ1v) is 9.83. The number of hydrogen-bond acceptors (Lipinski definition) is 5. The number of carbonyl (C=O) groups excluding carboxylic acids is 1. The number of hydrogen-bond donors (Lipinski definition) is 1. The first kappa shape index (κ1) is 15.9. The Labute approximate surface area is 160 Å². The van der Waals surface area contributed by atoms with Crippen LogP contribution in [0.3, 0.4) is 0 Å². The van der Waals surface area contributed by atoms with Gasteiger partial charge in [0.15, 0.2) is 5.78 Å². The third-order valence-electron chi connectivity index (χ3n) is 4.92. The smallest absolute Gasteiger partial charge is 0.206 e. The van der Waals surface area contributed by atoms with Crippen LogP contribution in [0.2, 0.25) is 5.02 Å². The van der Waals surface area contributed by atoms with E-state index in [1.807, 2.05) is 47.5 Å². The minimum atomic E-state index is -0.171. The number of halogens is 1. The maximum atomic E-state index is 12.7. The number of ketones is 1. The normalized spacial score (nSPS) is 19.8. The summed E-state index contributed by atoms with van der Waals surface area (Å²) in [4.78, 5) is 17.5. The van der Waals surface area contributed by atoms with Crippen LogP contribution in [0.25, 0.3) is 10.2 Å². The molecule has 0 amide bonds. The SMILES string of the molecule is O=C1CCCC2=C1C(c1ccc(Cl)cc1)N(c1nc3ccccc3s1)N2. The lowest BCUT2D eigenvalue weighted by molar-refractivity contribution is -0.116. The molecule has 1 atom stereocenters. The molecule has 4 nitrogen and oxygen atoms in total. The van der Waals surface area contributed by atoms with Gasteiger partial charge in [-0.25, -0.2) is 9.99 Å². The Morgan fingerprint density at radius 1 is 1.12 bits per heavy atom. The number of nitrogens with one attached hydrogen (secondary N) is 1. The van der Waals surface area contributed by atoms with Crippen molar-refractivity contribution in [3.63, 3.8) is 0 Å². The zero-order valence-electron chi connectivity index (χ0n) is 13.9. The molecular formula is C20H16ClN3OS. The van der Waals surface area contributed by atoms with Crippen LogP contribution >= 0.6 is 22.9 Å². The molecule has 1 aliphatic carbocycles. The number of allylic oxidation sites excluding steroid dienone is 1. The third-order valence-corrected chi connectivity index (χ3v) is 6.21. The summed E-state index contributed by atoms with van der Waals surface area (Å²) in [6, 6.07) is 15.7. The predicted octanol–water partition coefficient (Wildman–Crippen LogP) is 5.02. The zero-order chi connectivity index (χ0) is 17.7. The summed E-state index contributed by atoms with van der Waals surface area (Å²) in [6.45, 7) is 0. The second-order valence-corrected chi connectivity index (χ2v) is 8.01. The van der Waals surface area contributed by atoms with Crippen LogP contribution < -0.4 is 10.4 Å². The molecule has 2 heterocycles. The van der Waals surface area contributed by atoms with Crippen LogP contribution in [0, 0.1) is 0 Å². The lowest BCUT2D eigenvalue weighted by atomic mass is 9.88. The van der Waals surface area contributed by atoms with Gasteiger partial charge in [0.1, 0.15) is 6.04 Å². The Bertz CT molecular complexity index is 1010. The fourth-order valence-corrected chi connectivity index (χ4v) is 4.80. The lowest BCUT2D eigenvalue weighted by Crippen LogP contribution is -2.34. The summed E-state index contributed by atoms with van der Waals surface area (Å²) >= 11 is 7.70. The van der Waals surface area contributed by atoms with Crippen LogP contribution in [-0.2, 0) is 4.79 Å². The Hall–Kier alpha value is -2.37. The molecule has 26 heavy (non-hydrogen) atoms. The highest BCUT2D eigenvalue weighted by Crippen LogP contribution is 2.43. The topological polar surface area (TPSA) is 45.2 Å². The number of benzene rings is 2. The van der Waals surface area contributed by atoms with Crippen molar-refractivity contribution in [1.29, 1.82) is 0 Å². The van der Waals surface area contributed by atoms with Crippen LogP contribution in [0.15, 0.2) is 59.8 Å². The Balaban J connectivity index is 1.64. The quantitative estimate of drug-likeness (QED) is 0.676. The predicted molar refractivity (Wildman–Crippen MR) is 105 cm³/mol. The highest BCUT2D eigenvalue weighted by atomic mass is 35.5. The number of carbonyl (C=O) groups is 1. The van der Waals surface area contributed by atoms with E-state index in [1.54, 1.807) is 11.3 Å². The van der Waals surface area contributed by atoms with Crippen LogP contribution in [0.4, 0.5) is 5.13 Å². The Morgan fingerprint density at radius 2 is 1.92 bits per heavy atom. The number of Topliss-reactive ketones (excluding diaryl/α,β-unsaturated/α-hetero) is 1. The van der Waals surface area contributed by atoms with Crippen molar-refractivity contribution in [2.75, 3.05) is 5.01 Å². The molecule has 6 heteroatoms. The molecule has 5 rings (SSSR count). The maximum Gasteiger partial charge on any atom is 0.206 e. The second kappa shape index (κ2) is 6.11. The van der Waals surface area contributed by atoms with Gasteiger partial charge in [0.25, 0.3) is 0 Å². The van der Waals surface area contributed by atoms with Gasteiger partial charge in [0.05, 0.1) is 10.2 Å². The summed E-state index contributed by atoms with van der Waals surface area (Å²) in [6.07, 6.45) is 2.40. The average Bonchev–Trinajstić information content (AvgIpc) is 3.24. The van der Waals surface area contributed by atoms with E-state index in [1.165, 1.54) is 0 Å². The molecule has 3 aromatic rings. The monoisotopic (exact) mass is 381 g/mol. The second-order valence-electron chi connectivity index (χ2n) is 6.57. The molecule has 130 valence electrons. The molecule has 1 aliphatic heterocycles. The number of nitrogens with zero attached hydrogens (tertiary/aromatic N) is 2. The van der Waals surface area contributed by atoms with Gasteiger partial charge in [-0.1, -0.05) is 47.2 Å². The molecule has 0 spiro atoms. The van der Waals surface area contributed by atoms with Crippen molar-refractivity contribution < 1.29 is 4.79 Å². The highest BCUT2D eigenvalue weighted by molar-refractivity contribution is 7.22. The van der Waals surface area contributed by atoms with Crippen LogP contribution in [0.1, 0.15) is 30.9 Å². The van der Waals surface area contributed by atoms with Gasteiger partial charge in [0.2, 0.25) is 5.13 Å². The van der Waals surface area contributed by atoms with Crippen molar-refractivity contribution in [3.05, 3.63) is 70.4 Å². The molecular weight excluding hydrogens is 366 g/mol. The number of aromatic nitrogens is 1. The summed E-state index contributed by atoms with van der Waals surface area (Å²) in [5, 5.41) is 3.60. The first-order valence-electron chi connectivity index (χ1n) is 8.64. The highest BCUT2D eigenvalue weighted by Gasteiger charge is 2.40. The Morgan fingerprint density at radius 3 is 2.73 bits per heavy atom. The molecule has 2 aromatic carbocycles. The fraction of sp³-hybridized carbons (Fsp3) is 0.200. The van der Waals surface area contributed by atoms with E-state index in [0.717, 1.165) is 45.0 Å². The van der Waals surface area contributed by atoms with Gasteiger partial charge in [-0.05, 0) is 42.7 Å². The van der Waals surface area contributed by atoms with Gasteiger partial charge in [-0.2, -0.15) is 0 Å². The van der Waals surface area contributed by atoms with Crippen molar-refractivity contribution in [3.8, 4) is 0 Å². The standard InChI is InChI=1S/C20H16ClN3OS/c21-13-10-8-12(9-11-13)19-18-15(5-3-6-16(18)25)23-24(19)20-22-14-4-1-2-7-17(14)26-20/h1-2,4,7-11,19,23H,3,5-6H2. The minimum Gasteiger partial charge on any atom is -0.299 e. The maximum absolute atomic E-state index is 12.7. The minimum absolute atomic E-state index is 0.171. The molecule has 0 saturated heterocycles. The zero-order valence-corrected chi connectivity index (χ0v) is 15.5. The Kier molecular flexibility index (Phi) is 3.72. The largest absolute Gasteiger partial charge is 0.299 e. The molecule has 0 saturated carbocycles. The van der Waals surface area contributed by atoms with E-state index in [0.29, 0.717) is 11.4 Å². The van der Waals surface area contributed by atoms with Crippen molar-refractivity contribution in [2.24, 2.45) is 0 Å². The molecule has 2 aliphatic rings. The number of hydrazine groups is 1. The summed E-state index contributed by atoms with van der Waals surface area (Å²) in [7, 11) is 0.